The van der Waals surface area contributed by atoms with E-state index in [1.165, 1.54) is 0 Å². The van der Waals surface area contributed by atoms with Gasteiger partial charge in [0.25, 0.3) is 0 Å². The molecule has 0 unspecified atom stereocenters. The van der Waals surface area contributed by atoms with E-state index in [2.05, 4.69) is 25.6 Å². The van der Waals surface area contributed by atoms with Gasteiger partial charge in [0.2, 0.25) is 5.91 Å². The van der Waals surface area contributed by atoms with Gasteiger partial charge in [-0.1, -0.05) is 0 Å². The van der Waals surface area contributed by atoms with E-state index in [0.29, 0.717) is 19.5 Å². The Kier molecular flexibility index (Phi) is 5.10. The minimum absolute atomic E-state index is 0.0481. The molecule has 3 heterocycles. The first kappa shape index (κ1) is 15.4. The maximum atomic E-state index is 11.8. The Morgan fingerprint density at radius 1 is 1.13 bits per heavy atom. The normalized spacial score (nSPS) is 10.6. The second-order valence-corrected chi connectivity index (χ2v) is 5.89. The van der Waals surface area contributed by atoms with Crippen LogP contribution >= 0.6 is 11.3 Å². The number of pyridine rings is 1. The minimum atomic E-state index is 0.0481. The number of nitrogens with zero attached hydrogens (tertiary/aromatic N) is 3. The van der Waals surface area contributed by atoms with E-state index in [4.69, 9.17) is 0 Å². The molecule has 118 valence electrons. The fourth-order valence-corrected chi connectivity index (χ4v) is 2.94. The third kappa shape index (κ3) is 4.23. The molecule has 0 fully saturated rings. The summed E-state index contributed by atoms with van der Waals surface area (Å²) in [6, 6.07) is 5.85. The predicted molar refractivity (Wildman–Crippen MR) is 91.5 cm³/mol. The molecular weight excluding hydrogens is 310 g/mol. The van der Waals surface area contributed by atoms with E-state index in [1.54, 1.807) is 30.1 Å². The molecule has 0 atom stereocenters. The van der Waals surface area contributed by atoms with Gasteiger partial charge >= 0.3 is 0 Å². The number of carbonyl (C=O) groups is 1. The molecule has 0 spiro atoms. The lowest BCUT2D eigenvalue weighted by molar-refractivity contribution is -0.120. The van der Waals surface area contributed by atoms with Crippen LogP contribution in [0.3, 0.4) is 0 Å². The summed E-state index contributed by atoms with van der Waals surface area (Å²) in [5.74, 6) is 0.856. The topological polar surface area (TPSA) is 79.8 Å². The van der Waals surface area contributed by atoms with Crippen LogP contribution in [-0.2, 0) is 11.2 Å². The standard InChI is InChI=1S/C16H17N5OS/c22-14(2-1-12-3-6-17-7-4-12)18-8-9-19-15-13-5-10-23-16(13)21-11-20-15/h3-7,10-11H,1-2,8-9H2,(H,18,22)(H,19,20,21). The lowest BCUT2D eigenvalue weighted by Gasteiger charge is -2.08. The molecular formula is C16H17N5OS. The van der Waals surface area contributed by atoms with Crippen LogP contribution in [0.2, 0.25) is 0 Å². The average molecular weight is 327 g/mol. The molecule has 0 radical (unpaired) electrons. The molecule has 0 aliphatic heterocycles. The van der Waals surface area contributed by atoms with Crippen molar-refractivity contribution < 1.29 is 4.79 Å². The summed E-state index contributed by atoms with van der Waals surface area (Å²) in [5, 5.41) is 9.15. The van der Waals surface area contributed by atoms with Crippen LogP contribution in [0.1, 0.15) is 12.0 Å². The van der Waals surface area contributed by atoms with Crippen molar-refractivity contribution in [2.45, 2.75) is 12.8 Å². The first-order valence-electron chi connectivity index (χ1n) is 7.40. The molecule has 0 saturated heterocycles. The summed E-state index contributed by atoms with van der Waals surface area (Å²) >= 11 is 1.58. The number of hydrogen-bond acceptors (Lipinski definition) is 6. The number of hydrogen-bond donors (Lipinski definition) is 2. The van der Waals surface area contributed by atoms with Gasteiger partial charge in [-0.3, -0.25) is 9.78 Å². The number of carbonyl (C=O) groups excluding carboxylic acids is 1. The van der Waals surface area contributed by atoms with Crippen LogP contribution < -0.4 is 10.6 Å². The van der Waals surface area contributed by atoms with E-state index in [9.17, 15) is 4.79 Å². The first-order chi connectivity index (χ1) is 11.3. The number of nitrogens with one attached hydrogen (secondary N) is 2. The molecule has 0 bridgehead atoms. The Balaban J connectivity index is 1.39. The van der Waals surface area contributed by atoms with Crippen molar-refractivity contribution in [1.82, 2.24) is 20.3 Å². The monoisotopic (exact) mass is 327 g/mol. The molecule has 3 aromatic rings. The van der Waals surface area contributed by atoms with E-state index in [1.807, 2.05) is 23.6 Å². The van der Waals surface area contributed by atoms with Gasteiger partial charge in [0, 0.05) is 31.9 Å². The van der Waals surface area contributed by atoms with Crippen molar-refractivity contribution in [1.29, 1.82) is 0 Å². The van der Waals surface area contributed by atoms with Gasteiger partial charge in [0.15, 0.2) is 0 Å². The lowest BCUT2D eigenvalue weighted by atomic mass is 10.1. The number of anilines is 1. The SMILES string of the molecule is O=C(CCc1ccncc1)NCCNc1ncnc2sccc12. The molecule has 0 aromatic carbocycles. The van der Waals surface area contributed by atoms with Crippen LogP contribution in [0, 0.1) is 0 Å². The largest absolute Gasteiger partial charge is 0.368 e. The third-order valence-corrected chi connectivity index (χ3v) is 4.21. The van der Waals surface area contributed by atoms with Crippen molar-refractivity contribution >= 4 is 33.3 Å². The summed E-state index contributed by atoms with van der Waals surface area (Å²) in [5.41, 5.74) is 1.12. The number of thiophene rings is 1. The second-order valence-electron chi connectivity index (χ2n) is 4.99. The lowest BCUT2D eigenvalue weighted by Crippen LogP contribution is -2.29. The molecule has 0 saturated carbocycles. The molecule has 7 heteroatoms. The van der Waals surface area contributed by atoms with E-state index >= 15 is 0 Å². The summed E-state index contributed by atoms with van der Waals surface area (Å²) < 4.78 is 0. The molecule has 1 amide bonds. The van der Waals surface area contributed by atoms with Gasteiger partial charge in [0.1, 0.15) is 17.0 Å². The molecule has 0 aliphatic rings. The fourth-order valence-electron chi connectivity index (χ4n) is 2.21. The Morgan fingerprint density at radius 3 is 2.87 bits per heavy atom. The molecule has 3 rings (SSSR count). The molecule has 23 heavy (non-hydrogen) atoms. The zero-order valence-electron chi connectivity index (χ0n) is 12.5. The Bertz CT molecular complexity index is 774. The quantitative estimate of drug-likeness (QED) is 0.651. The highest BCUT2D eigenvalue weighted by Crippen LogP contribution is 2.23. The van der Waals surface area contributed by atoms with Gasteiger partial charge in [-0.25, -0.2) is 9.97 Å². The molecule has 2 N–H and O–H groups in total. The van der Waals surface area contributed by atoms with Crippen LogP contribution in [0.5, 0.6) is 0 Å². The number of amides is 1. The van der Waals surface area contributed by atoms with Crippen molar-refractivity contribution in [3.63, 3.8) is 0 Å². The van der Waals surface area contributed by atoms with E-state index in [0.717, 1.165) is 28.0 Å². The third-order valence-electron chi connectivity index (χ3n) is 3.39. The zero-order chi connectivity index (χ0) is 15.9. The molecule has 0 aliphatic carbocycles. The van der Waals surface area contributed by atoms with Gasteiger partial charge in [-0.2, -0.15) is 0 Å². The zero-order valence-corrected chi connectivity index (χ0v) is 13.3. The first-order valence-corrected chi connectivity index (χ1v) is 8.28. The Hall–Kier alpha value is -2.54. The summed E-state index contributed by atoms with van der Waals surface area (Å²) in [6.07, 6.45) is 6.23. The van der Waals surface area contributed by atoms with Gasteiger partial charge < -0.3 is 10.6 Å². The molecule has 6 nitrogen and oxygen atoms in total. The van der Waals surface area contributed by atoms with Crippen molar-refractivity contribution in [2.75, 3.05) is 18.4 Å². The predicted octanol–water partition coefficient (Wildman–Crippen LogP) is 2.25. The highest BCUT2D eigenvalue weighted by Gasteiger charge is 2.05. The second kappa shape index (κ2) is 7.64. The molecule has 3 aromatic heterocycles. The van der Waals surface area contributed by atoms with Gasteiger partial charge in [-0.15, -0.1) is 11.3 Å². The van der Waals surface area contributed by atoms with E-state index < -0.39 is 0 Å². The van der Waals surface area contributed by atoms with E-state index in [-0.39, 0.29) is 5.91 Å². The van der Waals surface area contributed by atoms with Crippen LogP contribution in [0.15, 0.2) is 42.3 Å². The number of fused-ring (bicyclic) bond motifs is 1. The van der Waals surface area contributed by atoms with Crippen molar-refractivity contribution in [2.24, 2.45) is 0 Å². The minimum Gasteiger partial charge on any atom is -0.368 e. The highest BCUT2D eigenvalue weighted by atomic mass is 32.1. The smallest absolute Gasteiger partial charge is 0.220 e. The summed E-state index contributed by atoms with van der Waals surface area (Å²) in [7, 11) is 0. The number of aromatic nitrogens is 3. The van der Waals surface area contributed by atoms with Gasteiger partial charge in [0.05, 0.1) is 5.39 Å². The van der Waals surface area contributed by atoms with Crippen molar-refractivity contribution in [3.05, 3.63) is 47.9 Å². The number of aryl methyl sites for hydroxylation is 1. The Labute approximate surface area is 138 Å². The summed E-state index contributed by atoms with van der Waals surface area (Å²) in [6.45, 7) is 1.19. The van der Waals surface area contributed by atoms with Crippen LogP contribution in [0.25, 0.3) is 10.2 Å². The summed E-state index contributed by atoms with van der Waals surface area (Å²) in [4.78, 5) is 25.2. The maximum Gasteiger partial charge on any atom is 0.220 e. The van der Waals surface area contributed by atoms with Gasteiger partial charge in [-0.05, 0) is 35.6 Å². The highest BCUT2D eigenvalue weighted by molar-refractivity contribution is 7.16. The fraction of sp³-hybridized carbons (Fsp3) is 0.250. The average Bonchev–Trinajstić information content (AvgIpc) is 3.07. The van der Waals surface area contributed by atoms with Crippen LogP contribution in [0.4, 0.5) is 5.82 Å². The van der Waals surface area contributed by atoms with Crippen LogP contribution in [-0.4, -0.2) is 33.9 Å². The number of rotatable bonds is 7. The van der Waals surface area contributed by atoms with Crippen molar-refractivity contribution in [3.8, 4) is 0 Å². The maximum absolute atomic E-state index is 11.8. The Morgan fingerprint density at radius 2 is 2.00 bits per heavy atom.